The molecule has 0 spiro atoms. The number of nitrogens with two attached hydrogens (primary N) is 1. The molecule has 6 nitrogen and oxygen atoms in total. The Kier molecular flexibility index (Phi) is 4.28. The van der Waals surface area contributed by atoms with Crippen molar-refractivity contribution < 1.29 is 9.47 Å². The predicted molar refractivity (Wildman–Crippen MR) is 89.1 cm³/mol. The van der Waals surface area contributed by atoms with Gasteiger partial charge in [-0.25, -0.2) is 0 Å². The van der Waals surface area contributed by atoms with Crippen LogP contribution in [0.25, 0.3) is 0 Å². The minimum Gasteiger partial charge on any atom is -0.420 e. The van der Waals surface area contributed by atoms with Crippen molar-refractivity contribution in [2.24, 2.45) is 5.73 Å². The van der Waals surface area contributed by atoms with Gasteiger partial charge in [0.2, 0.25) is 11.8 Å². The van der Waals surface area contributed by atoms with Gasteiger partial charge in [-0.2, -0.15) is 5.26 Å². The summed E-state index contributed by atoms with van der Waals surface area (Å²) in [6.45, 7) is 4.64. The molecule has 1 aliphatic rings. The minimum absolute atomic E-state index is 0.0957. The molecule has 24 heavy (non-hydrogen) atoms. The van der Waals surface area contributed by atoms with Gasteiger partial charge in [0.25, 0.3) is 0 Å². The number of fused-ring (bicyclic) bond motifs is 1. The summed E-state index contributed by atoms with van der Waals surface area (Å²) >= 11 is 0. The van der Waals surface area contributed by atoms with Gasteiger partial charge < -0.3 is 15.2 Å². The van der Waals surface area contributed by atoms with E-state index in [9.17, 15) is 5.26 Å². The summed E-state index contributed by atoms with van der Waals surface area (Å²) in [6, 6.07) is 10.4. The van der Waals surface area contributed by atoms with Gasteiger partial charge in [0.1, 0.15) is 11.6 Å². The number of rotatable bonds is 4. The molecule has 0 aliphatic carbocycles. The molecule has 3 N–H and O–H groups in total. The molecule has 124 valence electrons. The third-order valence-electron chi connectivity index (χ3n) is 4.24. The van der Waals surface area contributed by atoms with Gasteiger partial charge in [0.05, 0.1) is 23.8 Å². The van der Waals surface area contributed by atoms with Crippen LogP contribution >= 0.6 is 0 Å². The Balaban J connectivity index is 2.13. The van der Waals surface area contributed by atoms with Gasteiger partial charge in [0.15, 0.2) is 0 Å². The van der Waals surface area contributed by atoms with E-state index in [1.807, 2.05) is 12.1 Å². The van der Waals surface area contributed by atoms with Crippen LogP contribution in [0.2, 0.25) is 0 Å². The molecule has 0 unspecified atom stereocenters. The van der Waals surface area contributed by atoms with E-state index < -0.39 is 0 Å². The van der Waals surface area contributed by atoms with Gasteiger partial charge in [-0.1, -0.05) is 38.1 Å². The number of hydrogen-bond donors (Lipinski definition) is 2. The Morgan fingerprint density at radius 3 is 2.67 bits per heavy atom. The van der Waals surface area contributed by atoms with Gasteiger partial charge in [-0.15, -0.1) is 5.10 Å². The van der Waals surface area contributed by atoms with Crippen molar-refractivity contribution in [3.8, 4) is 11.9 Å². The Labute approximate surface area is 140 Å². The zero-order valence-corrected chi connectivity index (χ0v) is 14.0. The van der Waals surface area contributed by atoms with Crippen LogP contribution in [0, 0.1) is 11.3 Å². The second-order valence-corrected chi connectivity index (χ2v) is 6.10. The first kappa shape index (κ1) is 16.1. The highest BCUT2D eigenvalue weighted by Crippen LogP contribution is 2.43. The van der Waals surface area contributed by atoms with Crippen molar-refractivity contribution in [2.75, 3.05) is 7.11 Å². The number of allylic oxidation sites excluding steroid dienone is 1. The summed E-state index contributed by atoms with van der Waals surface area (Å²) in [6.07, 6.45) is 0. The van der Waals surface area contributed by atoms with Gasteiger partial charge in [-0.3, -0.25) is 5.10 Å². The molecule has 1 aromatic heterocycles. The van der Waals surface area contributed by atoms with Crippen molar-refractivity contribution in [3.63, 3.8) is 0 Å². The van der Waals surface area contributed by atoms with Crippen LogP contribution in [0.15, 0.2) is 35.7 Å². The summed E-state index contributed by atoms with van der Waals surface area (Å²) in [5.41, 5.74) is 10.1. The highest BCUT2D eigenvalue weighted by atomic mass is 16.5. The lowest BCUT2D eigenvalue weighted by Crippen LogP contribution is -2.21. The average Bonchev–Trinajstić information content (AvgIpc) is 2.96. The largest absolute Gasteiger partial charge is 0.420 e. The highest BCUT2D eigenvalue weighted by Gasteiger charge is 2.35. The van der Waals surface area contributed by atoms with E-state index in [-0.39, 0.29) is 11.8 Å². The molecule has 3 rings (SSSR count). The molecule has 1 aliphatic heterocycles. The smallest absolute Gasteiger partial charge is 0.244 e. The molecular formula is C18H20N4O2. The Bertz CT molecular complexity index is 813. The number of ether oxygens (including phenoxy) is 2. The van der Waals surface area contributed by atoms with E-state index in [1.165, 1.54) is 5.56 Å². The number of nitrogens with zero attached hydrogens (tertiary/aromatic N) is 2. The van der Waals surface area contributed by atoms with Crippen molar-refractivity contribution in [1.29, 1.82) is 5.26 Å². The zero-order chi connectivity index (χ0) is 17.3. The number of methoxy groups -OCH3 is 1. The fraction of sp³-hybridized carbons (Fsp3) is 0.333. The number of nitriles is 1. The zero-order valence-electron chi connectivity index (χ0n) is 14.0. The van der Waals surface area contributed by atoms with Gasteiger partial charge >= 0.3 is 0 Å². The van der Waals surface area contributed by atoms with E-state index in [0.717, 1.165) is 16.8 Å². The molecule has 1 atom stereocenters. The summed E-state index contributed by atoms with van der Waals surface area (Å²) in [4.78, 5) is 0. The van der Waals surface area contributed by atoms with E-state index in [4.69, 9.17) is 15.2 Å². The van der Waals surface area contributed by atoms with Gasteiger partial charge in [0, 0.05) is 7.11 Å². The maximum atomic E-state index is 9.59. The first-order chi connectivity index (χ1) is 11.6. The second kappa shape index (κ2) is 6.38. The topological polar surface area (TPSA) is 97.0 Å². The molecule has 0 amide bonds. The Morgan fingerprint density at radius 2 is 2.08 bits per heavy atom. The van der Waals surface area contributed by atoms with E-state index in [2.05, 4.69) is 42.2 Å². The quantitative estimate of drug-likeness (QED) is 0.901. The SMILES string of the molecule is COCc1[nH]nc2c1[C@H](c1ccc(C(C)C)cc1)C(C#N)=C(N)O2. The lowest BCUT2D eigenvalue weighted by atomic mass is 9.83. The lowest BCUT2D eigenvalue weighted by Gasteiger charge is -2.24. The van der Waals surface area contributed by atoms with Crippen LogP contribution < -0.4 is 10.5 Å². The summed E-state index contributed by atoms with van der Waals surface area (Å²) in [5.74, 6) is 0.622. The minimum atomic E-state index is -0.316. The van der Waals surface area contributed by atoms with Crippen LogP contribution in [0.3, 0.4) is 0 Å². The Hall–Kier alpha value is -2.78. The van der Waals surface area contributed by atoms with E-state index in [1.54, 1.807) is 7.11 Å². The lowest BCUT2D eigenvalue weighted by molar-refractivity contribution is 0.180. The molecule has 1 aromatic carbocycles. The molecule has 0 fully saturated rings. The van der Waals surface area contributed by atoms with Crippen molar-refractivity contribution in [2.45, 2.75) is 32.3 Å². The fourth-order valence-electron chi connectivity index (χ4n) is 2.97. The molecular weight excluding hydrogens is 304 g/mol. The first-order valence-corrected chi connectivity index (χ1v) is 7.80. The molecule has 0 saturated carbocycles. The molecule has 6 heteroatoms. The van der Waals surface area contributed by atoms with E-state index >= 15 is 0 Å². The summed E-state index contributed by atoms with van der Waals surface area (Å²) in [5, 5.41) is 16.7. The monoisotopic (exact) mass is 324 g/mol. The normalized spacial score (nSPS) is 16.7. The van der Waals surface area contributed by atoms with Gasteiger partial charge in [-0.05, 0) is 17.0 Å². The number of benzene rings is 1. The van der Waals surface area contributed by atoms with E-state index in [0.29, 0.717) is 24.0 Å². The molecule has 0 radical (unpaired) electrons. The Morgan fingerprint density at radius 1 is 1.38 bits per heavy atom. The number of aromatic amines is 1. The standard InChI is InChI=1S/C18H20N4O2/c1-10(2)11-4-6-12(7-5-11)15-13(8-19)17(20)24-18-16(15)14(9-23-3)21-22-18/h4-7,10,15H,9,20H2,1-3H3,(H,21,22)/t15-/m1/s1. The predicted octanol–water partition coefficient (Wildman–Crippen LogP) is 2.90. The second-order valence-electron chi connectivity index (χ2n) is 6.10. The van der Waals surface area contributed by atoms with Crippen LogP contribution in [0.1, 0.15) is 48.1 Å². The molecule has 0 saturated heterocycles. The molecule has 2 aromatic rings. The maximum absolute atomic E-state index is 9.59. The third kappa shape index (κ3) is 2.63. The fourth-order valence-corrected chi connectivity index (χ4v) is 2.97. The number of H-pyrrole nitrogens is 1. The molecule has 0 bridgehead atoms. The molecule has 2 heterocycles. The van der Waals surface area contributed by atoms with Crippen molar-refractivity contribution in [3.05, 3.63) is 58.1 Å². The van der Waals surface area contributed by atoms with Crippen molar-refractivity contribution >= 4 is 0 Å². The first-order valence-electron chi connectivity index (χ1n) is 7.80. The summed E-state index contributed by atoms with van der Waals surface area (Å²) < 4.78 is 10.7. The van der Waals surface area contributed by atoms with Crippen molar-refractivity contribution in [1.82, 2.24) is 10.2 Å². The summed E-state index contributed by atoms with van der Waals surface area (Å²) in [7, 11) is 1.61. The van der Waals surface area contributed by atoms with Crippen LogP contribution in [0.5, 0.6) is 5.88 Å². The highest BCUT2D eigenvalue weighted by molar-refractivity contribution is 5.55. The third-order valence-corrected chi connectivity index (χ3v) is 4.24. The number of nitrogens with one attached hydrogen (secondary N) is 1. The van der Waals surface area contributed by atoms with Crippen LogP contribution in [0.4, 0.5) is 0 Å². The average molecular weight is 324 g/mol. The maximum Gasteiger partial charge on any atom is 0.244 e. The van der Waals surface area contributed by atoms with Crippen LogP contribution in [-0.4, -0.2) is 17.3 Å². The van der Waals surface area contributed by atoms with Crippen LogP contribution in [-0.2, 0) is 11.3 Å². The number of aromatic nitrogens is 2. The number of hydrogen-bond acceptors (Lipinski definition) is 5.